The molecule has 29 heavy (non-hydrogen) atoms. The Kier molecular flexibility index (Phi) is 5.38. The molecule has 7 nitrogen and oxygen atoms in total. The first kappa shape index (κ1) is 20.3. The summed E-state index contributed by atoms with van der Waals surface area (Å²) in [6.45, 7) is 10.3. The number of pyridine rings is 1. The zero-order valence-electron chi connectivity index (χ0n) is 18.4. The monoisotopic (exact) mass is 399 g/mol. The molecule has 4 heterocycles. The summed E-state index contributed by atoms with van der Waals surface area (Å²) in [5.74, 6) is 0.205. The molecular weight excluding hydrogens is 366 g/mol. The second-order valence-electron chi connectivity index (χ2n) is 8.77. The fraction of sp³-hybridized carbons (Fsp3) is 0.682. The lowest BCUT2D eigenvalue weighted by Gasteiger charge is -2.43. The molecule has 158 valence electrons. The van der Waals surface area contributed by atoms with Crippen molar-refractivity contribution in [3.05, 3.63) is 22.5 Å². The highest BCUT2D eigenvalue weighted by Crippen LogP contribution is 2.32. The number of hydrogen-bond donors (Lipinski definition) is 0. The average Bonchev–Trinajstić information content (AvgIpc) is 2.88. The van der Waals surface area contributed by atoms with Crippen LogP contribution >= 0.6 is 0 Å². The van der Waals surface area contributed by atoms with E-state index in [1.54, 1.807) is 0 Å². The lowest BCUT2D eigenvalue weighted by atomic mass is 9.85. The van der Waals surface area contributed by atoms with Crippen molar-refractivity contribution in [2.75, 3.05) is 39.9 Å². The number of aryl methyl sites for hydroxylation is 4. The predicted octanol–water partition coefficient (Wildman–Crippen LogP) is 2.15. The third kappa shape index (κ3) is 3.55. The maximum atomic E-state index is 13.3. The lowest BCUT2D eigenvalue weighted by Crippen LogP contribution is -2.50. The number of ether oxygens (including phenoxy) is 1. The molecule has 1 amide bonds. The SMILES string of the molecule is Cc1nc2c(c(C)nn2C)c(C)c1CC(=O)N1CCN(C)C2(CCOCC2)CC1. The molecule has 7 heteroatoms. The van der Waals surface area contributed by atoms with Crippen LogP contribution in [-0.4, -0.2) is 75.9 Å². The van der Waals surface area contributed by atoms with E-state index in [4.69, 9.17) is 9.72 Å². The smallest absolute Gasteiger partial charge is 0.227 e. The molecule has 2 aromatic rings. The number of aromatic nitrogens is 3. The van der Waals surface area contributed by atoms with Crippen molar-refractivity contribution in [2.24, 2.45) is 7.05 Å². The second kappa shape index (κ2) is 7.69. The van der Waals surface area contributed by atoms with Crippen LogP contribution < -0.4 is 0 Å². The van der Waals surface area contributed by atoms with Gasteiger partial charge in [-0.2, -0.15) is 5.10 Å². The van der Waals surface area contributed by atoms with Crippen LogP contribution in [0.15, 0.2) is 0 Å². The molecule has 2 aliphatic rings. The van der Waals surface area contributed by atoms with Gasteiger partial charge in [0.05, 0.1) is 12.1 Å². The predicted molar refractivity (Wildman–Crippen MR) is 113 cm³/mol. The van der Waals surface area contributed by atoms with E-state index in [-0.39, 0.29) is 11.4 Å². The number of hydrogen-bond acceptors (Lipinski definition) is 5. The third-order valence-corrected chi connectivity index (χ3v) is 7.20. The minimum absolute atomic E-state index is 0.187. The van der Waals surface area contributed by atoms with Crippen LogP contribution in [-0.2, 0) is 23.0 Å². The van der Waals surface area contributed by atoms with Crippen LogP contribution in [0.1, 0.15) is 41.8 Å². The number of fused-ring (bicyclic) bond motifs is 1. The van der Waals surface area contributed by atoms with Crippen molar-refractivity contribution in [3.63, 3.8) is 0 Å². The van der Waals surface area contributed by atoms with Gasteiger partial charge in [-0.05, 0) is 58.2 Å². The minimum atomic E-state index is 0.187. The Morgan fingerprint density at radius 2 is 1.76 bits per heavy atom. The first-order chi connectivity index (χ1) is 13.8. The molecule has 2 fully saturated rings. The van der Waals surface area contributed by atoms with Gasteiger partial charge in [0, 0.05) is 56.5 Å². The molecule has 0 aliphatic carbocycles. The zero-order chi connectivity index (χ0) is 20.8. The highest BCUT2D eigenvalue weighted by atomic mass is 16.5. The van der Waals surface area contributed by atoms with Crippen molar-refractivity contribution in [1.29, 1.82) is 0 Å². The van der Waals surface area contributed by atoms with Crippen LogP contribution in [0.3, 0.4) is 0 Å². The molecule has 4 rings (SSSR count). The van der Waals surface area contributed by atoms with Crippen LogP contribution in [0.4, 0.5) is 0 Å². The summed E-state index contributed by atoms with van der Waals surface area (Å²) in [4.78, 5) is 22.5. The second-order valence-corrected chi connectivity index (χ2v) is 8.77. The van der Waals surface area contributed by atoms with Crippen molar-refractivity contribution >= 4 is 16.9 Å². The molecule has 0 radical (unpaired) electrons. The Labute approximate surface area is 173 Å². The normalized spacial score (nSPS) is 20.4. The topological polar surface area (TPSA) is 63.5 Å². The van der Waals surface area contributed by atoms with E-state index in [2.05, 4.69) is 28.9 Å². The Bertz CT molecular complexity index is 929. The summed E-state index contributed by atoms with van der Waals surface area (Å²) in [7, 11) is 4.13. The number of carbonyl (C=O) groups is 1. The van der Waals surface area contributed by atoms with Crippen LogP contribution in [0.5, 0.6) is 0 Å². The van der Waals surface area contributed by atoms with E-state index < -0.39 is 0 Å². The van der Waals surface area contributed by atoms with Crippen molar-refractivity contribution in [3.8, 4) is 0 Å². The Morgan fingerprint density at radius 1 is 1.03 bits per heavy atom. The number of amides is 1. The van der Waals surface area contributed by atoms with Gasteiger partial charge in [-0.25, -0.2) is 4.98 Å². The van der Waals surface area contributed by atoms with Gasteiger partial charge in [0.2, 0.25) is 5.91 Å². The highest BCUT2D eigenvalue weighted by Gasteiger charge is 2.39. The summed E-state index contributed by atoms with van der Waals surface area (Å²) >= 11 is 0. The van der Waals surface area contributed by atoms with Crippen molar-refractivity contribution in [2.45, 2.75) is 52.0 Å². The van der Waals surface area contributed by atoms with Crippen molar-refractivity contribution < 1.29 is 9.53 Å². The maximum Gasteiger partial charge on any atom is 0.227 e. The largest absolute Gasteiger partial charge is 0.381 e. The van der Waals surface area contributed by atoms with E-state index in [0.29, 0.717) is 6.42 Å². The summed E-state index contributed by atoms with van der Waals surface area (Å²) in [6.07, 6.45) is 3.56. The zero-order valence-corrected chi connectivity index (χ0v) is 18.4. The molecule has 2 saturated heterocycles. The third-order valence-electron chi connectivity index (χ3n) is 7.20. The maximum absolute atomic E-state index is 13.3. The van der Waals surface area contributed by atoms with Gasteiger partial charge in [-0.15, -0.1) is 0 Å². The lowest BCUT2D eigenvalue weighted by molar-refractivity contribution is -0.130. The summed E-state index contributed by atoms with van der Waals surface area (Å²) in [5, 5.41) is 5.60. The summed E-state index contributed by atoms with van der Waals surface area (Å²) in [5.41, 5.74) is 5.17. The summed E-state index contributed by atoms with van der Waals surface area (Å²) in [6, 6.07) is 0. The Balaban J connectivity index is 1.54. The number of likely N-dealkylation sites (N-methyl/N-ethyl adjacent to an activating group) is 1. The Morgan fingerprint density at radius 3 is 2.48 bits per heavy atom. The average molecular weight is 400 g/mol. The van der Waals surface area contributed by atoms with E-state index in [9.17, 15) is 4.79 Å². The molecule has 2 aliphatic heterocycles. The Hall–Kier alpha value is -1.99. The number of rotatable bonds is 2. The van der Waals surface area contributed by atoms with Crippen molar-refractivity contribution in [1.82, 2.24) is 24.6 Å². The number of nitrogens with zero attached hydrogens (tertiary/aromatic N) is 5. The van der Waals surface area contributed by atoms with Crippen LogP contribution in [0.2, 0.25) is 0 Å². The van der Waals surface area contributed by atoms with E-state index >= 15 is 0 Å². The first-order valence-corrected chi connectivity index (χ1v) is 10.7. The van der Waals surface area contributed by atoms with Gasteiger partial charge in [-0.3, -0.25) is 14.4 Å². The minimum Gasteiger partial charge on any atom is -0.381 e. The highest BCUT2D eigenvalue weighted by molar-refractivity contribution is 5.86. The molecule has 0 unspecified atom stereocenters. The van der Waals surface area contributed by atoms with Gasteiger partial charge in [0.15, 0.2) is 5.65 Å². The fourth-order valence-corrected chi connectivity index (χ4v) is 5.17. The van der Waals surface area contributed by atoms with Gasteiger partial charge in [-0.1, -0.05) is 0 Å². The molecule has 0 N–H and O–H groups in total. The van der Waals surface area contributed by atoms with Gasteiger partial charge in [0.1, 0.15) is 0 Å². The van der Waals surface area contributed by atoms with Crippen LogP contribution in [0, 0.1) is 20.8 Å². The molecule has 0 aromatic carbocycles. The quantitative estimate of drug-likeness (QED) is 0.774. The summed E-state index contributed by atoms with van der Waals surface area (Å²) < 4.78 is 7.42. The molecular formula is C22H33N5O2. The van der Waals surface area contributed by atoms with E-state index in [1.165, 1.54) is 0 Å². The fourth-order valence-electron chi connectivity index (χ4n) is 5.17. The van der Waals surface area contributed by atoms with E-state index in [0.717, 1.165) is 85.7 Å². The molecule has 0 atom stereocenters. The number of carbonyl (C=O) groups excluding carboxylic acids is 1. The molecule has 1 spiro atoms. The van der Waals surface area contributed by atoms with Gasteiger partial charge >= 0.3 is 0 Å². The van der Waals surface area contributed by atoms with E-state index in [1.807, 2.05) is 25.6 Å². The standard InChI is InChI=1S/C22H33N5O2/c1-15-18(16(2)23-21-20(15)17(3)24-26(21)5)14-19(28)27-9-6-22(25(4)10-11-27)7-12-29-13-8-22/h6-14H2,1-5H3. The molecule has 2 aromatic heterocycles. The molecule has 0 saturated carbocycles. The van der Waals surface area contributed by atoms with Crippen LogP contribution in [0.25, 0.3) is 11.0 Å². The van der Waals surface area contributed by atoms with Gasteiger partial charge < -0.3 is 9.64 Å². The van der Waals surface area contributed by atoms with Gasteiger partial charge in [0.25, 0.3) is 0 Å². The first-order valence-electron chi connectivity index (χ1n) is 10.7. The molecule has 0 bridgehead atoms.